The maximum Gasteiger partial charge on any atom is 0.0543 e. The Balaban J connectivity index is 1.25. The molecule has 0 radical (unpaired) electrons. The van der Waals surface area contributed by atoms with Gasteiger partial charge in [0.25, 0.3) is 0 Å². The van der Waals surface area contributed by atoms with Crippen LogP contribution in [-0.2, 0) is 5.41 Å². The first-order chi connectivity index (χ1) is 28.9. The summed E-state index contributed by atoms with van der Waals surface area (Å²) >= 11 is 0. The van der Waals surface area contributed by atoms with Gasteiger partial charge in [0.2, 0.25) is 0 Å². The molecule has 0 amide bonds. The largest absolute Gasteiger partial charge is 0.309 e. The van der Waals surface area contributed by atoms with E-state index in [9.17, 15) is 0 Å². The molecule has 9 aromatic carbocycles. The molecule has 0 aliphatic heterocycles. The van der Waals surface area contributed by atoms with Crippen LogP contribution in [0.25, 0.3) is 65.7 Å². The summed E-state index contributed by atoms with van der Waals surface area (Å²) in [5, 5.41) is 7.81. The molecular weight excluding hydrogens is 711 g/mol. The quantitative estimate of drug-likeness (QED) is 0.146. The zero-order chi connectivity index (χ0) is 39.9. The molecular formula is C58H51N. The predicted octanol–water partition coefficient (Wildman–Crippen LogP) is 17.0. The van der Waals surface area contributed by atoms with E-state index in [-0.39, 0.29) is 5.41 Å². The highest BCUT2D eigenvalue weighted by Crippen LogP contribution is 2.49. The SMILES string of the molecule is CC(C)(C)c1ccc(-c2ccccc2)c(N(c2cccc(-c3cccc4c3ccc3ccccc34)c2)c2ccccc2-c2cccc3cccc(C4CCCCC4)c23)c1. The normalized spacial score (nSPS) is 13.6. The Morgan fingerprint density at radius 2 is 1.08 bits per heavy atom. The molecule has 59 heavy (non-hydrogen) atoms. The van der Waals surface area contributed by atoms with Gasteiger partial charge in [0, 0.05) is 16.8 Å². The van der Waals surface area contributed by atoms with E-state index < -0.39 is 0 Å². The minimum Gasteiger partial charge on any atom is -0.309 e. The van der Waals surface area contributed by atoms with Crippen molar-refractivity contribution in [1.29, 1.82) is 0 Å². The molecule has 0 atom stereocenters. The van der Waals surface area contributed by atoms with Crippen molar-refractivity contribution in [2.24, 2.45) is 0 Å². The lowest BCUT2D eigenvalue weighted by atomic mass is 9.80. The smallest absolute Gasteiger partial charge is 0.0543 e. The van der Waals surface area contributed by atoms with Crippen LogP contribution < -0.4 is 4.90 Å². The highest BCUT2D eigenvalue weighted by molar-refractivity contribution is 6.12. The average Bonchev–Trinajstić information content (AvgIpc) is 3.29. The molecule has 0 spiro atoms. The molecule has 0 aromatic heterocycles. The van der Waals surface area contributed by atoms with Crippen molar-refractivity contribution in [3.05, 3.63) is 199 Å². The lowest BCUT2D eigenvalue weighted by Gasteiger charge is -2.32. The fourth-order valence-electron chi connectivity index (χ4n) is 9.80. The van der Waals surface area contributed by atoms with Crippen molar-refractivity contribution < 1.29 is 0 Å². The van der Waals surface area contributed by atoms with Crippen LogP contribution in [0.4, 0.5) is 17.1 Å². The van der Waals surface area contributed by atoms with Gasteiger partial charge in [0.05, 0.1) is 11.4 Å². The summed E-state index contributed by atoms with van der Waals surface area (Å²) in [6, 6.07) is 70.4. The van der Waals surface area contributed by atoms with Gasteiger partial charge in [-0.05, 0) is 114 Å². The first kappa shape index (κ1) is 36.9. The molecule has 1 heteroatoms. The molecule has 1 saturated carbocycles. The molecule has 1 nitrogen and oxygen atoms in total. The Morgan fingerprint density at radius 3 is 1.93 bits per heavy atom. The number of anilines is 3. The summed E-state index contributed by atoms with van der Waals surface area (Å²) in [6.45, 7) is 6.96. The summed E-state index contributed by atoms with van der Waals surface area (Å²) in [5.41, 5.74) is 13.6. The summed E-state index contributed by atoms with van der Waals surface area (Å²) < 4.78 is 0. The number of hydrogen-bond acceptors (Lipinski definition) is 1. The van der Waals surface area contributed by atoms with E-state index in [1.165, 1.54) is 120 Å². The summed E-state index contributed by atoms with van der Waals surface area (Å²) in [7, 11) is 0. The molecule has 9 aromatic rings. The van der Waals surface area contributed by atoms with Crippen LogP contribution in [0, 0.1) is 0 Å². The molecule has 10 rings (SSSR count). The van der Waals surface area contributed by atoms with Gasteiger partial charge in [-0.2, -0.15) is 0 Å². The second-order valence-electron chi connectivity index (χ2n) is 17.5. The Morgan fingerprint density at radius 1 is 0.424 bits per heavy atom. The first-order valence-corrected chi connectivity index (χ1v) is 21.5. The number of hydrogen-bond donors (Lipinski definition) is 0. The molecule has 0 unspecified atom stereocenters. The van der Waals surface area contributed by atoms with Crippen LogP contribution in [0.2, 0.25) is 0 Å². The van der Waals surface area contributed by atoms with Crippen LogP contribution in [0.1, 0.15) is 69.9 Å². The van der Waals surface area contributed by atoms with E-state index in [0.717, 1.165) is 5.69 Å². The van der Waals surface area contributed by atoms with Crippen molar-refractivity contribution in [3.63, 3.8) is 0 Å². The Kier molecular flexibility index (Phi) is 9.61. The van der Waals surface area contributed by atoms with E-state index in [4.69, 9.17) is 0 Å². The molecule has 288 valence electrons. The number of rotatable bonds is 7. The second kappa shape index (κ2) is 15.4. The third-order valence-electron chi connectivity index (χ3n) is 12.8. The van der Waals surface area contributed by atoms with Crippen LogP contribution >= 0.6 is 0 Å². The fourth-order valence-corrected chi connectivity index (χ4v) is 9.80. The topological polar surface area (TPSA) is 3.24 Å². The number of para-hydroxylation sites is 1. The molecule has 0 N–H and O–H groups in total. The first-order valence-electron chi connectivity index (χ1n) is 21.5. The van der Waals surface area contributed by atoms with Gasteiger partial charge in [-0.1, -0.05) is 204 Å². The van der Waals surface area contributed by atoms with Crippen molar-refractivity contribution in [2.45, 2.75) is 64.2 Å². The van der Waals surface area contributed by atoms with Gasteiger partial charge < -0.3 is 4.90 Å². The maximum absolute atomic E-state index is 2.55. The molecule has 0 heterocycles. The summed E-state index contributed by atoms with van der Waals surface area (Å²) in [6.07, 6.45) is 6.49. The third-order valence-corrected chi connectivity index (χ3v) is 12.8. The monoisotopic (exact) mass is 761 g/mol. The van der Waals surface area contributed by atoms with Crippen LogP contribution in [0.15, 0.2) is 188 Å². The zero-order valence-corrected chi connectivity index (χ0v) is 34.5. The van der Waals surface area contributed by atoms with E-state index in [2.05, 4.69) is 214 Å². The minimum atomic E-state index is -0.0484. The van der Waals surface area contributed by atoms with Gasteiger partial charge in [-0.15, -0.1) is 0 Å². The fraction of sp³-hybridized carbons (Fsp3) is 0.172. The number of benzene rings is 9. The van der Waals surface area contributed by atoms with Gasteiger partial charge >= 0.3 is 0 Å². The Labute approximate surface area is 349 Å². The van der Waals surface area contributed by atoms with Crippen molar-refractivity contribution >= 4 is 49.4 Å². The molecule has 1 aliphatic carbocycles. The average molecular weight is 762 g/mol. The standard InChI is InChI=1S/C58H51N/c1-58(2,3)45-35-37-49(40-18-6-4-7-19-40)56(39-45)59(46-26-14-25-44(38-46)48-29-17-31-51-47-27-11-10-22-42(47)34-36-52(48)51)55-33-13-12-28-53(55)54-32-16-24-43-23-15-30-50(57(43)54)41-20-8-5-9-21-41/h4,6-7,10-19,22-39,41H,5,8-9,20-21H2,1-3H3. The van der Waals surface area contributed by atoms with E-state index >= 15 is 0 Å². The molecule has 0 saturated heterocycles. The van der Waals surface area contributed by atoms with Crippen molar-refractivity contribution in [3.8, 4) is 33.4 Å². The molecule has 1 fully saturated rings. The van der Waals surface area contributed by atoms with Crippen molar-refractivity contribution in [1.82, 2.24) is 0 Å². The maximum atomic E-state index is 2.55. The van der Waals surface area contributed by atoms with Crippen LogP contribution in [-0.4, -0.2) is 0 Å². The Bertz CT molecular complexity index is 2950. The highest BCUT2D eigenvalue weighted by atomic mass is 15.1. The molecule has 1 aliphatic rings. The summed E-state index contributed by atoms with van der Waals surface area (Å²) in [5.74, 6) is 0.583. The Hall–Kier alpha value is -6.44. The van der Waals surface area contributed by atoms with Crippen molar-refractivity contribution in [2.75, 3.05) is 4.90 Å². The predicted molar refractivity (Wildman–Crippen MR) is 254 cm³/mol. The zero-order valence-electron chi connectivity index (χ0n) is 34.5. The third kappa shape index (κ3) is 6.89. The van der Waals surface area contributed by atoms with E-state index in [1.54, 1.807) is 0 Å². The van der Waals surface area contributed by atoms with E-state index in [1.807, 2.05) is 0 Å². The lowest BCUT2D eigenvalue weighted by Crippen LogP contribution is -2.16. The number of nitrogens with zero attached hydrogens (tertiary/aromatic N) is 1. The van der Waals surface area contributed by atoms with E-state index in [0.29, 0.717) is 5.92 Å². The lowest BCUT2D eigenvalue weighted by molar-refractivity contribution is 0.445. The summed E-state index contributed by atoms with van der Waals surface area (Å²) in [4.78, 5) is 2.55. The van der Waals surface area contributed by atoms with Crippen LogP contribution in [0.5, 0.6) is 0 Å². The van der Waals surface area contributed by atoms with Gasteiger partial charge in [-0.3, -0.25) is 0 Å². The highest BCUT2D eigenvalue weighted by Gasteiger charge is 2.26. The molecule has 0 bridgehead atoms. The second-order valence-corrected chi connectivity index (χ2v) is 17.5. The van der Waals surface area contributed by atoms with Gasteiger partial charge in [0.1, 0.15) is 0 Å². The minimum absolute atomic E-state index is 0.0484. The van der Waals surface area contributed by atoms with Gasteiger partial charge in [0.15, 0.2) is 0 Å². The van der Waals surface area contributed by atoms with Crippen LogP contribution in [0.3, 0.4) is 0 Å². The van der Waals surface area contributed by atoms with Gasteiger partial charge in [-0.25, -0.2) is 0 Å². The number of fused-ring (bicyclic) bond motifs is 4.